The number of aryl methyl sites for hydroxylation is 1. The number of hydrogen-bond donors (Lipinski definition) is 0. The number of hydrogen-bond acceptors (Lipinski definition) is 3. The molecule has 22 heavy (non-hydrogen) atoms. The van der Waals surface area contributed by atoms with Gasteiger partial charge in [0.25, 0.3) is 5.91 Å². The number of fused-ring (bicyclic) bond motifs is 3. The first-order valence-electron chi connectivity index (χ1n) is 7.12. The molecule has 108 valence electrons. The van der Waals surface area contributed by atoms with Gasteiger partial charge in [-0.05, 0) is 24.1 Å². The fourth-order valence-corrected chi connectivity index (χ4v) is 3.44. The average molecular weight is 307 g/mol. The van der Waals surface area contributed by atoms with Crippen LogP contribution in [0.25, 0.3) is 11.4 Å². The summed E-state index contributed by atoms with van der Waals surface area (Å²) in [7, 11) is 0. The quantitative estimate of drug-likeness (QED) is 0.694. The summed E-state index contributed by atoms with van der Waals surface area (Å²) >= 11 is 1.28. The van der Waals surface area contributed by atoms with Gasteiger partial charge >= 0.3 is 0 Å². The van der Waals surface area contributed by atoms with Crippen molar-refractivity contribution in [1.29, 1.82) is 0 Å². The third kappa shape index (κ3) is 2.19. The van der Waals surface area contributed by atoms with Crippen molar-refractivity contribution < 1.29 is 4.79 Å². The van der Waals surface area contributed by atoms with Crippen molar-refractivity contribution in [1.82, 2.24) is 8.94 Å². The van der Waals surface area contributed by atoms with E-state index in [-0.39, 0.29) is 5.91 Å². The van der Waals surface area contributed by atoms with Crippen molar-refractivity contribution in [3.05, 3.63) is 70.5 Å². The molecule has 1 amide bonds. The van der Waals surface area contributed by atoms with Crippen LogP contribution in [0.1, 0.15) is 15.9 Å². The second kappa shape index (κ2) is 5.35. The molecule has 2 heterocycles. The number of carbonyl (C=O) groups excluding carboxylic acids is 1. The lowest BCUT2D eigenvalue weighted by Crippen LogP contribution is -2.22. The van der Waals surface area contributed by atoms with Gasteiger partial charge in [0.1, 0.15) is 0 Å². The highest BCUT2D eigenvalue weighted by molar-refractivity contribution is 7.03. The van der Waals surface area contributed by atoms with Crippen LogP contribution in [0.4, 0.5) is 0 Å². The molecule has 2 aromatic carbocycles. The van der Waals surface area contributed by atoms with Crippen LogP contribution in [0.15, 0.2) is 59.6 Å². The van der Waals surface area contributed by atoms with Gasteiger partial charge in [0.15, 0.2) is 5.82 Å². The maximum atomic E-state index is 12.2. The van der Waals surface area contributed by atoms with Crippen molar-refractivity contribution in [3.63, 3.8) is 0 Å². The van der Waals surface area contributed by atoms with Crippen molar-refractivity contribution in [2.75, 3.05) is 0 Å². The summed E-state index contributed by atoms with van der Waals surface area (Å²) < 4.78 is 6.54. The van der Waals surface area contributed by atoms with E-state index in [2.05, 4.69) is 21.5 Å². The fourth-order valence-electron chi connectivity index (χ4n) is 2.67. The molecule has 0 saturated heterocycles. The molecule has 0 N–H and O–H groups in total. The van der Waals surface area contributed by atoms with E-state index in [9.17, 15) is 4.79 Å². The van der Waals surface area contributed by atoms with Crippen molar-refractivity contribution >= 4 is 17.4 Å². The first-order valence-corrected chi connectivity index (χ1v) is 7.89. The molecule has 0 spiro atoms. The Morgan fingerprint density at radius 2 is 1.86 bits per heavy atom. The van der Waals surface area contributed by atoms with Gasteiger partial charge in [-0.25, -0.2) is 0 Å². The van der Waals surface area contributed by atoms with Crippen LogP contribution in [0, 0.1) is 0 Å². The zero-order chi connectivity index (χ0) is 14.9. The van der Waals surface area contributed by atoms with E-state index >= 15 is 0 Å². The summed E-state index contributed by atoms with van der Waals surface area (Å²) in [6.45, 7) is 0.809. The smallest absolute Gasteiger partial charge is 0.279 e. The summed E-state index contributed by atoms with van der Waals surface area (Å²) in [6.07, 6.45) is 0.939. The number of rotatable bonds is 1. The lowest BCUT2D eigenvalue weighted by molar-refractivity contribution is 0.0998. The summed E-state index contributed by atoms with van der Waals surface area (Å²) in [6, 6.07) is 17.4. The topological polar surface area (TPSA) is 47.2 Å². The summed E-state index contributed by atoms with van der Waals surface area (Å²) in [5, 5.41) is 0. The van der Waals surface area contributed by atoms with Crippen molar-refractivity contribution in [3.8, 4) is 11.4 Å². The molecule has 5 heteroatoms. The number of carbonyl (C=O) groups is 1. The van der Waals surface area contributed by atoms with Gasteiger partial charge in [-0.15, -0.1) is 0 Å². The first-order chi connectivity index (χ1) is 10.8. The second-order valence-electron chi connectivity index (χ2n) is 5.13. The Kier molecular flexibility index (Phi) is 3.20. The van der Waals surface area contributed by atoms with E-state index in [1.807, 2.05) is 34.9 Å². The van der Waals surface area contributed by atoms with Crippen LogP contribution >= 0.6 is 11.5 Å². The molecule has 1 aromatic heterocycles. The largest absolute Gasteiger partial charge is 0.299 e. The third-order valence-corrected chi connectivity index (χ3v) is 4.52. The lowest BCUT2D eigenvalue weighted by Gasteiger charge is -2.16. The highest BCUT2D eigenvalue weighted by Gasteiger charge is 2.18. The van der Waals surface area contributed by atoms with Crippen LogP contribution < -0.4 is 4.80 Å². The molecule has 0 fully saturated rings. The molecule has 0 unspecified atom stereocenters. The van der Waals surface area contributed by atoms with Gasteiger partial charge in [0.05, 0.1) is 0 Å². The molecule has 0 atom stereocenters. The van der Waals surface area contributed by atoms with Gasteiger partial charge in [-0.3, -0.25) is 9.36 Å². The first kappa shape index (κ1) is 13.2. The van der Waals surface area contributed by atoms with Gasteiger partial charge in [0.2, 0.25) is 4.80 Å². The molecule has 0 aliphatic carbocycles. The molecule has 0 bridgehead atoms. The van der Waals surface area contributed by atoms with Crippen LogP contribution in [0.3, 0.4) is 0 Å². The number of benzene rings is 2. The highest BCUT2D eigenvalue weighted by Crippen LogP contribution is 2.26. The minimum atomic E-state index is -0.224. The standard InChI is InChI=1S/C17H13N3OS/c21-16(13-7-2-1-3-8-13)18-17-20-11-10-12-6-4-5-9-14(12)15(20)19-22-17/h1-9H,10-11H2. The minimum absolute atomic E-state index is 0.224. The second-order valence-corrected chi connectivity index (χ2v) is 5.86. The molecule has 1 aliphatic rings. The molecule has 0 radical (unpaired) electrons. The lowest BCUT2D eigenvalue weighted by atomic mass is 10.0. The van der Waals surface area contributed by atoms with Crippen LogP contribution in [0.5, 0.6) is 0 Å². The van der Waals surface area contributed by atoms with E-state index in [0.29, 0.717) is 10.4 Å². The van der Waals surface area contributed by atoms with Crippen molar-refractivity contribution in [2.45, 2.75) is 13.0 Å². The Labute approximate surface area is 131 Å². The zero-order valence-corrected chi connectivity index (χ0v) is 12.6. The third-order valence-electron chi connectivity index (χ3n) is 3.78. The zero-order valence-electron chi connectivity index (χ0n) is 11.8. The molecular formula is C17H13N3OS. The summed E-state index contributed by atoms with van der Waals surface area (Å²) in [5.74, 6) is 0.685. The van der Waals surface area contributed by atoms with Crippen LogP contribution in [0.2, 0.25) is 0 Å². The predicted octanol–water partition coefficient (Wildman–Crippen LogP) is 2.91. The number of nitrogens with zero attached hydrogens (tertiary/aromatic N) is 3. The monoisotopic (exact) mass is 307 g/mol. The predicted molar refractivity (Wildman–Crippen MR) is 85.6 cm³/mol. The van der Waals surface area contributed by atoms with Crippen molar-refractivity contribution in [2.24, 2.45) is 4.99 Å². The van der Waals surface area contributed by atoms with Gasteiger partial charge in [0, 0.05) is 29.2 Å². The summed E-state index contributed by atoms with van der Waals surface area (Å²) in [5.41, 5.74) is 3.04. The SMILES string of the molecule is O=C(N=c1snc2n1CCc1ccccc1-2)c1ccccc1. The molecule has 4 nitrogen and oxygen atoms in total. The fraction of sp³-hybridized carbons (Fsp3) is 0.118. The van der Waals surface area contributed by atoms with E-state index in [0.717, 1.165) is 24.4 Å². The molecular weight excluding hydrogens is 294 g/mol. The normalized spacial score (nSPS) is 13.5. The van der Waals surface area contributed by atoms with E-state index in [4.69, 9.17) is 0 Å². The minimum Gasteiger partial charge on any atom is -0.299 e. The molecule has 3 aromatic rings. The van der Waals surface area contributed by atoms with E-state index in [1.165, 1.54) is 17.1 Å². The Hall–Kier alpha value is -2.53. The Morgan fingerprint density at radius 1 is 1.09 bits per heavy atom. The van der Waals surface area contributed by atoms with Gasteiger partial charge in [-0.2, -0.15) is 9.37 Å². The Balaban J connectivity index is 1.79. The maximum absolute atomic E-state index is 12.2. The number of aromatic nitrogens is 2. The van der Waals surface area contributed by atoms with E-state index in [1.54, 1.807) is 12.1 Å². The number of amides is 1. The maximum Gasteiger partial charge on any atom is 0.279 e. The Bertz CT molecular complexity index is 909. The van der Waals surface area contributed by atoms with Gasteiger partial charge < -0.3 is 0 Å². The van der Waals surface area contributed by atoms with Gasteiger partial charge in [-0.1, -0.05) is 42.5 Å². The average Bonchev–Trinajstić information content (AvgIpc) is 2.99. The molecule has 4 rings (SSSR count). The molecule has 0 saturated carbocycles. The summed E-state index contributed by atoms with van der Waals surface area (Å²) in [4.78, 5) is 17.2. The van der Waals surface area contributed by atoms with Crippen LogP contribution in [-0.4, -0.2) is 14.8 Å². The highest BCUT2D eigenvalue weighted by atomic mass is 32.1. The Morgan fingerprint density at radius 3 is 2.73 bits per heavy atom. The molecule has 1 aliphatic heterocycles. The van der Waals surface area contributed by atoms with E-state index < -0.39 is 0 Å². The van der Waals surface area contributed by atoms with Crippen LogP contribution in [-0.2, 0) is 13.0 Å².